The number of fused-ring (bicyclic) bond motifs is 1. The van der Waals surface area contributed by atoms with Crippen molar-refractivity contribution < 1.29 is 49.0 Å². The fourth-order valence-corrected chi connectivity index (χ4v) is 4.34. The second-order valence-corrected chi connectivity index (χ2v) is 9.30. The third kappa shape index (κ3) is 8.33. The van der Waals surface area contributed by atoms with Crippen LogP contribution in [0, 0.1) is 13.0 Å². The molecule has 0 saturated carbocycles. The number of carboxylic acids is 1. The maximum Gasteiger partial charge on any atom is 1.00 e. The first kappa shape index (κ1) is 29.2. The molecule has 1 fully saturated rings. The number of amides is 1. The van der Waals surface area contributed by atoms with E-state index in [4.69, 9.17) is 14.6 Å². The van der Waals surface area contributed by atoms with Gasteiger partial charge in [-0.25, -0.2) is 0 Å². The van der Waals surface area contributed by atoms with Crippen LogP contribution >= 0.6 is 11.8 Å². The van der Waals surface area contributed by atoms with Gasteiger partial charge >= 0.3 is 29.6 Å². The summed E-state index contributed by atoms with van der Waals surface area (Å²) >= 11 is 1.32. The zero-order valence-electron chi connectivity index (χ0n) is 21.4. The topological polar surface area (TPSA) is 88.0 Å². The quantitative estimate of drug-likeness (QED) is 0.233. The summed E-state index contributed by atoms with van der Waals surface area (Å²) in [4.78, 5) is 26.7. The third-order valence-electron chi connectivity index (χ3n) is 5.26. The summed E-state index contributed by atoms with van der Waals surface area (Å²) in [6, 6.07) is 30.8. The Balaban J connectivity index is 0.000000749. The van der Waals surface area contributed by atoms with E-state index in [1.165, 1.54) is 17.3 Å². The van der Waals surface area contributed by atoms with E-state index in [-0.39, 0.29) is 35.5 Å². The molecular formula is C30H25N2NaO4S. The van der Waals surface area contributed by atoms with Gasteiger partial charge in [0.1, 0.15) is 12.4 Å². The number of rotatable bonds is 5. The first-order valence-corrected chi connectivity index (χ1v) is 12.4. The van der Waals surface area contributed by atoms with E-state index in [0.29, 0.717) is 16.7 Å². The first-order chi connectivity index (χ1) is 17.9. The van der Waals surface area contributed by atoms with E-state index >= 15 is 0 Å². The third-order valence-corrected chi connectivity index (χ3v) is 6.17. The molecule has 0 unspecified atom stereocenters. The van der Waals surface area contributed by atoms with Gasteiger partial charge in [0.25, 0.3) is 11.9 Å². The van der Waals surface area contributed by atoms with Gasteiger partial charge < -0.3 is 15.2 Å². The van der Waals surface area contributed by atoms with Crippen molar-refractivity contribution in [3.05, 3.63) is 113 Å². The number of aliphatic imine (C=N–C) groups is 1. The van der Waals surface area contributed by atoms with Crippen molar-refractivity contribution in [3.8, 4) is 5.75 Å². The van der Waals surface area contributed by atoms with Gasteiger partial charge in [0.2, 0.25) is 0 Å². The number of nitrogens with zero attached hydrogens (tertiary/aromatic N) is 1. The standard InChI is InChI=1S/C28H21N2O2S.C2H4O2.Na/c1-19-11-13-20(14-12-19)18-32-25-16-22-8-6-5-7-21(22)15-23(25)17-26-27(31)30-28(33-26)29-24-9-3-2-4-10-24;1-2(3)4;/h3-17H,18H2,1H3,(H,29,30,31);1H3,(H,3,4);/q-1;;+1/b26-17+;;. The normalized spacial score (nSPS) is 14.4. The summed E-state index contributed by atoms with van der Waals surface area (Å²) in [5.41, 5.74) is 3.93. The molecule has 0 aromatic heterocycles. The molecule has 1 aliphatic rings. The average Bonchev–Trinajstić information content (AvgIpc) is 3.22. The van der Waals surface area contributed by atoms with Gasteiger partial charge in [-0.15, -0.1) is 12.1 Å². The molecule has 1 saturated heterocycles. The minimum absolute atomic E-state index is 0. The van der Waals surface area contributed by atoms with Crippen molar-refractivity contribution in [1.82, 2.24) is 5.32 Å². The van der Waals surface area contributed by atoms with Crippen molar-refractivity contribution in [1.29, 1.82) is 0 Å². The van der Waals surface area contributed by atoms with Crippen molar-refractivity contribution in [3.63, 3.8) is 0 Å². The van der Waals surface area contributed by atoms with E-state index in [2.05, 4.69) is 65.8 Å². The second-order valence-electron chi connectivity index (χ2n) is 8.27. The van der Waals surface area contributed by atoms with Crippen LogP contribution in [-0.4, -0.2) is 22.2 Å². The predicted octanol–water partition coefficient (Wildman–Crippen LogP) is 3.51. The van der Waals surface area contributed by atoms with Crippen LogP contribution in [-0.2, 0) is 16.2 Å². The molecule has 186 valence electrons. The summed E-state index contributed by atoms with van der Waals surface area (Å²) < 4.78 is 6.22. The number of benzene rings is 4. The van der Waals surface area contributed by atoms with Crippen LogP contribution in [0.4, 0.5) is 5.69 Å². The molecule has 6 nitrogen and oxygen atoms in total. The molecule has 0 bridgehead atoms. The van der Waals surface area contributed by atoms with Crippen molar-refractivity contribution >= 4 is 51.3 Å². The molecule has 4 aromatic rings. The Morgan fingerprint density at radius 1 is 1.05 bits per heavy atom. The van der Waals surface area contributed by atoms with Crippen LogP contribution in [0.3, 0.4) is 0 Å². The second kappa shape index (κ2) is 14.0. The minimum Gasteiger partial charge on any atom is -0.488 e. The summed E-state index contributed by atoms with van der Waals surface area (Å²) in [7, 11) is 0. The Bertz CT molecular complexity index is 1480. The van der Waals surface area contributed by atoms with Gasteiger partial charge in [-0.3, -0.25) is 14.6 Å². The molecule has 2 N–H and O–H groups in total. The Kier molecular flexibility index (Phi) is 10.7. The zero-order valence-corrected chi connectivity index (χ0v) is 24.2. The molecule has 8 heteroatoms. The number of hydrogen-bond donors (Lipinski definition) is 2. The SMILES string of the molecule is CC(=O)O.Cc1ccc(COc2cc3ccccc3cc2/C=C2/SC(=Nc3cc[c-]cc3)NC2=O)cc1.[Na+]. The number of carbonyl (C=O) groups excluding carboxylic acids is 1. The predicted molar refractivity (Wildman–Crippen MR) is 149 cm³/mol. The first-order valence-electron chi connectivity index (χ1n) is 11.5. The summed E-state index contributed by atoms with van der Waals surface area (Å²) in [5, 5.41) is 13.0. The maximum absolute atomic E-state index is 12.6. The molecule has 1 amide bonds. The molecule has 38 heavy (non-hydrogen) atoms. The van der Waals surface area contributed by atoms with Crippen molar-refractivity contribution in [2.24, 2.45) is 4.99 Å². The van der Waals surface area contributed by atoms with Crippen molar-refractivity contribution in [2.45, 2.75) is 20.5 Å². The molecule has 1 aliphatic heterocycles. The maximum atomic E-state index is 12.6. The number of thioether (sulfide) groups is 1. The van der Waals surface area contributed by atoms with Crippen LogP contribution < -0.4 is 39.6 Å². The number of carboxylic acid groups (broad SMARTS) is 1. The van der Waals surface area contributed by atoms with Crippen LogP contribution in [0.5, 0.6) is 5.75 Å². The Morgan fingerprint density at radius 2 is 1.68 bits per heavy atom. The van der Waals surface area contributed by atoms with E-state index in [1.807, 2.05) is 36.4 Å². The fourth-order valence-electron chi connectivity index (χ4n) is 3.51. The van der Waals surface area contributed by atoms with Crippen LogP contribution in [0.1, 0.15) is 23.6 Å². The van der Waals surface area contributed by atoms with Crippen LogP contribution in [0.15, 0.2) is 94.8 Å². The molecule has 0 spiro atoms. The van der Waals surface area contributed by atoms with Gasteiger partial charge in [-0.1, -0.05) is 54.1 Å². The molecule has 5 rings (SSSR count). The smallest absolute Gasteiger partial charge is 0.488 e. The van der Waals surface area contributed by atoms with E-state index in [0.717, 1.165) is 40.3 Å². The number of hydrogen-bond acceptors (Lipinski definition) is 5. The van der Waals surface area contributed by atoms with Crippen LogP contribution in [0.25, 0.3) is 16.8 Å². The van der Waals surface area contributed by atoms with Crippen molar-refractivity contribution in [2.75, 3.05) is 0 Å². The largest absolute Gasteiger partial charge is 1.00 e. The number of ether oxygens (including phenoxy) is 1. The van der Waals surface area contributed by atoms with Crippen LogP contribution in [0.2, 0.25) is 0 Å². The molecule has 1 heterocycles. The molecule has 0 atom stereocenters. The Labute approximate surface area is 248 Å². The number of amidine groups is 1. The minimum atomic E-state index is -0.833. The van der Waals surface area contributed by atoms with Gasteiger partial charge in [0, 0.05) is 12.5 Å². The zero-order chi connectivity index (χ0) is 26.2. The molecule has 0 aliphatic carbocycles. The molecule has 4 aromatic carbocycles. The number of aliphatic carboxylic acids is 1. The summed E-state index contributed by atoms with van der Waals surface area (Å²) in [6.45, 7) is 3.60. The van der Waals surface area contributed by atoms with E-state index < -0.39 is 5.97 Å². The van der Waals surface area contributed by atoms with Gasteiger partial charge in [-0.2, -0.15) is 18.2 Å². The number of aryl methyl sites for hydroxylation is 1. The fraction of sp³-hybridized carbons (Fsp3) is 0.100. The Morgan fingerprint density at radius 3 is 2.34 bits per heavy atom. The van der Waals surface area contributed by atoms with E-state index in [9.17, 15) is 4.79 Å². The van der Waals surface area contributed by atoms with Gasteiger partial charge in [0.15, 0.2) is 5.17 Å². The van der Waals surface area contributed by atoms with E-state index in [1.54, 1.807) is 12.1 Å². The summed E-state index contributed by atoms with van der Waals surface area (Å²) in [6.07, 6.45) is 1.87. The average molecular weight is 533 g/mol. The molecular weight excluding hydrogens is 507 g/mol. The number of nitrogens with one attached hydrogen (secondary N) is 1. The monoisotopic (exact) mass is 532 g/mol. The number of carbonyl (C=O) groups is 2. The Hall–Kier alpha value is -3.36. The summed E-state index contributed by atoms with van der Waals surface area (Å²) in [5.74, 6) is -0.266. The van der Waals surface area contributed by atoms with Gasteiger partial charge in [0.05, 0.1) is 4.91 Å². The molecule has 0 radical (unpaired) electrons. The van der Waals surface area contributed by atoms with Gasteiger partial charge in [-0.05, 0) is 58.9 Å².